The lowest BCUT2D eigenvalue weighted by Gasteiger charge is -2.32. The van der Waals surface area contributed by atoms with Crippen LogP contribution in [0.3, 0.4) is 0 Å². The molecular weight excluding hydrogens is 318 g/mol. The zero-order valence-corrected chi connectivity index (χ0v) is 14.6. The maximum atomic E-state index is 8.60. The third-order valence-corrected chi connectivity index (χ3v) is 4.90. The summed E-state index contributed by atoms with van der Waals surface area (Å²) in [5, 5.41) is 0.610. The predicted molar refractivity (Wildman–Crippen MR) is 101 cm³/mol. The van der Waals surface area contributed by atoms with Crippen LogP contribution in [-0.4, -0.2) is 31.1 Å². The fourth-order valence-corrected chi connectivity index (χ4v) is 3.24. The topological polar surface area (TPSA) is 12.5 Å². The Balaban J connectivity index is 1.88. The van der Waals surface area contributed by atoms with Crippen LogP contribution in [0.5, 0.6) is 0 Å². The molecule has 0 amide bonds. The van der Waals surface area contributed by atoms with Crippen molar-refractivity contribution in [3.05, 3.63) is 70.7 Å². The number of benzene rings is 2. The highest BCUT2D eigenvalue weighted by molar-refractivity contribution is 6.30. The largest absolute Gasteiger partial charge is 0.366 e. The van der Waals surface area contributed by atoms with Gasteiger partial charge in [0.25, 0.3) is 0 Å². The molecule has 0 N–H and O–H groups in total. The van der Waals surface area contributed by atoms with Crippen molar-refractivity contribution in [2.75, 3.05) is 20.1 Å². The van der Waals surface area contributed by atoms with Gasteiger partial charge in [-0.2, -0.15) is 0 Å². The normalized spacial score (nSPS) is 25.1. The summed E-state index contributed by atoms with van der Waals surface area (Å²) < 4.78 is 46.6. The quantitative estimate of drug-likeness (QED) is 0.719. The summed E-state index contributed by atoms with van der Waals surface area (Å²) in [5.41, 5.74) is 0.836. The lowest BCUT2D eigenvalue weighted by atomic mass is 9.88. The molecule has 0 bridgehead atoms. The van der Waals surface area contributed by atoms with E-state index in [-0.39, 0.29) is 6.61 Å². The van der Waals surface area contributed by atoms with E-state index in [1.54, 1.807) is 12.1 Å². The fourth-order valence-electron chi connectivity index (χ4n) is 3.12. The first-order valence-electron chi connectivity index (χ1n) is 10.8. The van der Waals surface area contributed by atoms with Crippen molar-refractivity contribution in [3.63, 3.8) is 0 Å². The van der Waals surface area contributed by atoms with Gasteiger partial charge in [0.15, 0.2) is 0 Å². The summed E-state index contributed by atoms with van der Waals surface area (Å²) in [5.74, 6) is 0. The van der Waals surface area contributed by atoms with Crippen LogP contribution in [0.4, 0.5) is 0 Å². The van der Waals surface area contributed by atoms with E-state index in [0.717, 1.165) is 11.1 Å². The summed E-state index contributed by atoms with van der Waals surface area (Å²) in [6.07, 6.45) is -0.652. The molecule has 3 heteroatoms. The molecule has 1 aliphatic heterocycles. The van der Waals surface area contributed by atoms with E-state index in [1.807, 2.05) is 49.4 Å². The van der Waals surface area contributed by atoms with Crippen molar-refractivity contribution >= 4 is 11.6 Å². The minimum atomic E-state index is -2.31. The van der Waals surface area contributed by atoms with Gasteiger partial charge in [0.05, 0.1) is 0 Å². The number of nitrogens with zero attached hydrogens (tertiary/aromatic N) is 1. The Morgan fingerprint density at radius 2 is 1.92 bits per heavy atom. The smallest absolute Gasteiger partial charge is 0.115 e. The standard InChI is InChI=1S/C21H26ClNO/c1-21(17-7-4-3-5-8-17,18-10-12-19(22)13-11-18)24-16-14-20-9-6-15-23(20)2/h3-5,7-8,10-13,20H,6,9,14-16H2,1-2H3/t20-,21-/m1/s1/i2D3,14D2. The molecule has 0 aliphatic carbocycles. The maximum Gasteiger partial charge on any atom is 0.115 e. The van der Waals surface area contributed by atoms with Gasteiger partial charge >= 0.3 is 0 Å². The Morgan fingerprint density at radius 1 is 1.21 bits per heavy atom. The summed E-state index contributed by atoms with van der Waals surface area (Å²) in [6.45, 7) is -0.267. The van der Waals surface area contributed by atoms with E-state index in [4.69, 9.17) is 23.2 Å². The molecule has 2 aromatic rings. The number of ether oxygens (including phenoxy) is 1. The first-order chi connectivity index (χ1) is 13.5. The first-order valence-corrected chi connectivity index (χ1v) is 8.64. The van der Waals surface area contributed by atoms with Crippen LogP contribution >= 0.6 is 11.6 Å². The van der Waals surface area contributed by atoms with E-state index in [9.17, 15) is 0 Å². The average molecular weight is 349 g/mol. The zero-order chi connectivity index (χ0) is 21.3. The lowest BCUT2D eigenvalue weighted by Crippen LogP contribution is -2.31. The lowest BCUT2D eigenvalue weighted by molar-refractivity contribution is -0.0117. The van der Waals surface area contributed by atoms with Gasteiger partial charge in [-0.25, -0.2) is 0 Å². The molecule has 1 fully saturated rings. The second kappa shape index (κ2) is 7.69. The van der Waals surface area contributed by atoms with Crippen molar-refractivity contribution in [3.8, 4) is 0 Å². The molecule has 0 radical (unpaired) electrons. The van der Waals surface area contributed by atoms with Crippen molar-refractivity contribution in [1.29, 1.82) is 0 Å². The van der Waals surface area contributed by atoms with Crippen molar-refractivity contribution in [1.82, 2.24) is 4.90 Å². The van der Waals surface area contributed by atoms with Crippen LogP contribution < -0.4 is 0 Å². The highest BCUT2D eigenvalue weighted by Gasteiger charge is 2.30. The second-order valence-corrected chi connectivity index (χ2v) is 6.69. The van der Waals surface area contributed by atoms with Gasteiger partial charge in [-0.3, -0.25) is 0 Å². The minimum Gasteiger partial charge on any atom is -0.366 e. The third kappa shape index (κ3) is 3.83. The molecule has 2 aromatic carbocycles. The van der Waals surface area contributed by atoms with E-state index in [0.29, 0.717) is 24.4 Å². The Hall–Kier alpha value is -1.35. The van der Waals surface area contributed by atoms with Crippen LogP contribution in [-0.2, 0) is 10.3 Å². The molecule has 0 unspecified atom stereocenters. The molecule has 0 aromatic heterocycles. The molecule has 128 valence electrons. The monoisotopic (exact) mass is 348 g/mol. The number of hydrogen-bond donors (Lipinski definition) is 0. The van der Waals surface area contributed by atoms with Gasteiger partial charge in [-0.15, -0.1) is 0 Å². The van der Waals surface area contributed by atoms with Gasteiger partial charge in [-0.1, -0.05) is 54.1 Å². The van der Waals surface area contributed by atoms with E-state index in [1.165, 1.54) is 4.90 Å². The van der Waals surface area contributed by atoms with Crippen LogP contribution in [0.2, 0.25) is 5.02 Å². The Labute approximate surface area is 157 Å². The SMILES string of the molecule is [2H]C([2H])(CO[C@](C)(c1ccccc1)c1ccc(Cl)cc1)[C@H]1CCCN1C([2H])([2H])[2H]. The molecule has 0 spiro atoms. The van der Waals surface area contributed by atoms with Crippen LogP contribution in [0, 0.1) is 0 Å². The summed E-state index contributed by atoms with van der Waals surface area (Å²) in [7, 11) is 0. The molecule has 2 atom stereocenters. The summed E-state index contributed by atoms with van der Waals surface area (Å²) in [4.78, 5) is 1.29. The molecular formula is C21H26ClNO. The predicted octanol–water partition coefficient (Wildman–Crippen LogP) is 5.10. The Morgan fingerprint density at radius 3 is 2.62 bits per heavy atom. The number of halogens is 1. The minimum absolute atomic E-state index is 0.224. The van der Waals surface area contributed by atoms with E-state index < -0.39 is 25.0 Å². The molecule has 1 heterocycles. The van der Waals surface area contributed by atoms with Gasteiger partial charge in [-0.05, 0) is 62.9 Å². The van der Waals surface area contributed by atoms with Crippen LogP contribution in [0.1, 0.15) is 44.1 Å². The first kappa shape index (κ1) is 12.1. The van der Waals surface area contributed by atoms with Gasteiger partial charge in [0, 0.05) is 24.5 Å². The van der Waals surface area contributed by atoms with E-state index >= 15 is 0 Å². The maximum absolute atomic E-state index is 8.60. The molecule has 0 saturated carbocycles. The van der Waals surface area contributed by atoms with Crippen molar-refractivity contribution in [2.24, 2.45) is 0 Å². The molecule has 24 heavy (non-hydrogen) atoms. The highest BCUT2D eigenvalue weighted by Crippen LogP contribution is 2.34. The van der Waals surface area contributed by atoms with E-state index in [2.05, 4.69) is 0 Å². The van der Waals surface area contributed by atoms with Gasteiger partial charge < -0.3 is 9.64 Å². The van der Waals surface area contributed by atoms with Crippen LogP contribution in [0.25, 0.3) is 0 Å². The second-order valence-electron chi connectivity index (χ2n) is 6.25. The number of likely N-dealkylation sites (tertiary alicyclic amines) is 1. The fraction of sp³-hybridized carbons (Fsp3) is 0.429. The third-order valence-electron chi connectivity index (χ3n) is 4.65. The zero-order valence-electron chi connectivity index (χ0n) is 18.8. The molecule has 3 rings (SSSR count). The van der Waals surface area contributed by atoms with Crippen molar-refractivity contribution < 1.29 is 11.6 Å². The number of hydrogen-bond acceptors (Lipinski definition) is 2. The Kier molecular flexibility index (Phi) is 3.87. The molecule has 1 saturated heterocycles. The molecule has 2 nitrogen and oxygen atoms in total. The summed E-state index contributed by atoms with van der Waals surface area (Å²) in [6, 6.07) is 16.2. The van der Waals surface area contributed by atoms with Gasteiger partial charge in [0.2, 0.25) is 0 Å². The summed E-state index contributed by atoms with van der Waals surface area (Å²) >= 11 is 6.04. The van der Waals surface area contributed by atoms with Crippen molar-refractivity contribution in [2.45, 2.75) is 37.8 Å². The van der Waals surface area contributed by atoms with Gasteiger partial charge in [0.1, 0.15) is 5.60 Å². The Bertz CT molecular complexity index is 812. The average Bonchev–Trinajstić information content (AvgIpc) is 3.19. The molecule has 1 aliphatic rings. The highest BCUT2D eigenvalue weighted by atomic mass is 35.5. The number of rotatable bonds is 6. The van der Waals surface area contributed by atoms with Crippen LogP contribution in [0.15, 0.2) is 54.6 Å².